The van der Waals surface area contributed by atoms with Crippen molar-refractivity contribution < 1.29 is 4.79 Å². The van der Waals surface area contributed by atoms with E-state index in [1.165, 1.54) is 0 Å². The van der Waals surface area contributed by atoms with E-state index in [1.54, 1.807) is 29.4 Å². The van der Waals surface area contributed by atoms with Gasteiger partial charge < -0.3 is 10.6 Å². The first-order valence-electron chi connectivity index (χ1n) is 4.07. The molecule has 5 heteroatoms. The number of pyridine rings is 1. The molecule has 1 rings (SSSR count). The zero-order valence-corrected chi connectivity index (χ0v) is 8.14. The Morgan fingerprint density at radius 2 is 2.29 bits per heavy atom. The van der Waals surface area contributed by atoms with Crippen LogP contribution in [0.15, 0.2) is 23.2 Å². The van der Waals surface area contributed by atoms with Crippen molar-refractivity contribution in [2.75, 3.05) is 14.1 Å². The van der Waals surface area contributed by atoms with Crippen molar-refractivity contribution >= 4 is 18.1 Å². The molecule has 0 bridgehead atoms. The van der Waals surface area contributed by atoms with Gasteiger partial charge in [-0.15, -0.1) is 0 Å². The summed E-state index contributed by atoms with van der Waals surface area (Å²) < 4.78 is 0. The summed E-state index contributed by atoms with van der Waals surface area (Å²) in [5.74, 6) is -0.0816. The normalized spacial score (nSPS) is 10.4. The molecule has 0 spiro atoms. The molecule has 5 nitrogen and oxygen atoms in total. The molecule has 1 aromatic rings. The highest BCUT2D eigenvalue weighted by Gasteiger charge is 2.01. The third-order valence-corrected chi connectivity index (χ3v) is 1.41. The molecule has 0 aromatic carbocycles. The van der Waals surface area contributed by atoms with E-state index in [4.69, 9.17) is 5.73 Å². The Hall–Kier alpha value is -1.91. The maximum absolute atomic E-state index is 10.8. The summed E-state index contributed by atoms with van der Waals surface area (Å²) >= 11 is 0. The van der Waals surface area contributed by atoms with Crippen molar-refractivity contribution in [3.05, 3.63) is 23.9 Å². The number of aromatic nitrogens is 1. The highest BCUT2D eigenvalue weighted by atomic mass is 16.1. The Kier molecular flexibility index (Phi) is 3.17. The third kappa shape index (κ3) is 2.85. The van der Waals surface area contributed by atoms with Crippen LogP contribution in [0, 0.1) is 0 Å². The Morgan fingerprint density at radius 1 is 1.57 bits per heavy atom. The number of carbonyl (C=O) groups excluding carboxylic acids is 1. The fraction of sp³-hybridized carbons (Fsp3) is 0.222. The van der Waals surface area contributed by atoms with Gasteiger partial charge in [0.05, 0.1) is 6.34 Å². The summed E-state index contributed by atoms with van der Waals surface area (Å²) in [4.78, 5) is 20.5. The number of amides is 1. The van der Waals surface area contributed by atoms with Crippen molar-refractivity contribution in [2.24, 2.45) is 10.7 Å². The van der Waals surface area contributed by atoms with Crippen LogP contribution in [-0.2, 0) is 0 Å². The molecule has 74 valence electrons. The van der Waals surface area contributed by atoms with Crippen molar-refractivity contribution in [1.82, 2.24) is 9.88 Å². The molecule has 0 saturated carbocycles. The molecule has 0 saturated heterocycles. The average molecular weight is 192 g/mol. The van der Waals surface area contributed by atoms with E-state index in [0.29, 0.717) is 5.82 Å². The lowest BCUT2D eigenvalue weighted by Crippen LogP contribution is -2.12. The fourth-order valence-electron chi connectivity index (χ4n) is 0.807. The van der Waals surface area contributed by atoms with Crippen LogP contribution in [0.2, 0.25) is 0 Å². The lowest BCUT2D eigenvalue weighted by Gasteiger charge is -2.02. The van der Waals surface area contributed by atoms with E-state index >= 15 is 0 Å². The van der Waals surface area contributed by atoms with Gasteiger partial charge in [-0.3, -0.25) is 4.79 Å². The lowest BCUT2D eigenvalue weighted by atomic mass is 10.3. The minimum Gasteiger partial charge on any atom is -0.369 e. The largest absolute Gasteiger partial charge is 0.369 e. The molecule has 0 fully saturated rings. The zero-order valence-electron chi connectivity index (χ0n) is 8.14. The predicted octanol–water partition coefficient (Wildman–Crippen LogP) is 0.402. The van der Waals surface area contributed by atoms with Crippen molar-refractivity contribution in [2.45, 2.75) is 0 Å². The Balaban J connectivity index is 2.89. The summed E-state index contributed by atoms with van der Waals surface area (Å²) in [7, 11) is 3.70. The Labute approximate surface area is 82.3 Å². The second-order valence-electron chi connectivity index (χ2n) is 2.95. The van der Waals surface area contributed by atoms with E-state index in [1.807, 2.05) is 14.1 Å². The second-order valence-corrected chi connectivity index (χ2v) is 2.95. The maximum atomic E-state index is 10.8. The summed E-state index contributed by atoms with van der Waals surface area (Å²) in [5, 5.41) is 0. The number of aliphatic imine (C=N–C) groups is 1. The first-order valence-corrected chi connectivity index (χ1v) is 4.07. The van der Waals surface area contributed by atoms with Crippen LogP contribution in [-0.4, -0.2) is 36.2 Å². The second kappa shape index (κ2) is 4.36. The smallest absolute Gasteiger partial charge is 0.267 e. The van der Waals surface area contributed by atoms with Gasteiger partial charge in [-0.2, -0.15) is 0 Å². The average Bonchev–Trinajstić information content (AvgIpc) is 2.15. The first-order chi connectivity index (χ1) is 6.59. The van der Waals surface area contributed by atoms with Gasteiger partial charge in [0.2, 0.25) is 0 Å². The summed E-state index contributed by atoms with van der Waals surface area (Å²) in [6, 6.07) is 4.94. The van der Waals surface area contributed by atoms with Crippen molar-refractivity contribution in [1.29, 1.82) is 0 Å². The minimum absolute atomic E-state index is 0.221. The molecule has 2 N–H and O–H groups in total. The van der Waals surface area contributed by atoms with E-state index in [0.717, 1.165) is 0 Å². The lowest BCUT2D eigenvalue weighted by molar-refractivity contribution is 0.0995. The molecule has 14 heavy (non-hydrogen) atoms. The van der Waals surface area contributed by atoms with Crippen molar-refractivity contribution in [3.8, 4) is 0 Å². The molecule has 0 radical (unpaired) electrons. The predicted molar refractivity (Wildman–Crippen MR) is 54.6 cm³/mol. The van der Waals surface area contributed by atoms with E-state index in [2.05, 4.69) is 9.98 Å². The Bertz CT molecular complexity index is 360. The zero-order chi connectivity index (χ0) is 10.6. The van der Waals surface area contributed by atoms with E-state index < -0.39 is 5.91 Å². The summed E-state index contributed by atoms with van der Waals surface area (Å²) in [6.07, 6.45) is 1.60. The highest BCUT2D eigenvalue weighted by Crippen LogP contribution is 2.07. The number of carbonyl (C=O) groups is 1. The summed E-state index contributed by atoms with van der Waals surface area (Å²) in [6.45, 7) is 0. The highest BCUT2D eigenvalue weighted by molar-refractivity contribution is 5.91. The van der Waals surface area contributed by atoms with Crippen LogP contribution in [0.5, 0.6) is 0 Å². The quantitative estimate of drug-likeness (QED) is 0.556. The number of hydrogen-bond donors (Lipinski definition) is 1. The van der Waals surface area contributed by atoms with E-state index in [9.17, 15) is 4.79 Å². The van der Waals surface area contributed by atoms with Gasteiger partial charge in [0, 0.05) is 14.1 Å². The van der Waals surface area contributed by atoms with Crippen LogP contribution in [0.25, 0.3) is 0 Å². The standard InChI is InChI=1S/C9H12N4O/c1-13(2)6-11-8-5-3-4-7(12-8)9(10)14/h3-6H,1-2H3,(H2,10,14)/b11-6+. The molecule has 0 aliphatic heterocycles. The van der Waals surface area contributed by atoms with Gasteiger partial charge in [0.25, 0.3) is 5.91 Å². The molecule has 0 unspecified atom stereocenters. The maximum Gasteiger partial charge on any atom is 0.267 e. The molecule has 0 aliphatic rings. The number of nitrogens with zero attached hydrogens (tertiary/aromatic N) is 3. The number of rotatable bonds is 3. The van der Waals surface area contributed by atoms with E-state index in [-0.39, 0.29) is 5.69 Å². The SMILES string of the molecule is CN(C)/C=N/c1cccc(C(N)=O)n1. The molecular formula is C9H12N4O. The molecule has 1 aromatic heterocycles. The van der Waals surface area contributed by atoms with Gasteiger partial charge in [0.1, 0.15) is 5.69 Å². The minimum atomic E-state index is -0.549. The van der Waals surface area contributed by atoms with Crippen LogP contribution in [0.4, 0.5) is 5.82 Å². The Morgan fingerprint density at radius 3 is 2.86 bits per heavy atom. The number of primary amides is 1. The molecular weight excluding hydrogens is 180 g/mol. The fourth-order valence-corrected chi connectivity index (χ4v) is 0.807. The monoisotopic (exact) mass is 192 g/mol. The van der Waals surface area contributed by atoms with Gasteiger partial charge in [0.15, 0.2) is 5.82 Å². The molecule has 1 amide bonds. The molecule has 0 aliphatic carbocycles. The number of nitrogens with two attached hydrogens (primary N) is 1. The van der Waals surface area contributed by atoms with Crippen LogP contribution in [0.3, 0.4) is 0 Å². The van der Waals surface area contributed by atoms with Crippen LogP contribution >= 0.6 is 0 Å². The topological polar surface area (TPSA) is 71.6 Å². The first kappa shape index (κ1) is 10.2. The third-order valence-electron chi connectivity index (χ3n) is 1.41. The number of hydrogen-bond acceptors (Lipinski definition) is 3. The van der Waals surface area contributed by atoms with Gasteiger partial charge in [-0.25, -0.2) is 9.98 Å². The van der Waals surface area contributed by atoms with Gasteiger partial charge in [-0.05, 0) is 12.1 Å². The van der Waals surface area contributed by atoms with Crippen LogP contribution < -0.4 is 5.73 Å². The van der Waals surface area contributed by atoms with Crippen molar-refractivity contribution in [3.63, 3.8) is 0 Å². The molecule has 0 atom stereocenters. The van der Waals surface area contributed by atoms with Gasteiger partial charge in [-0.1, -0.05) is 6.07 Å². The van der Waals surface area contributed by atoms with Crippen LogP contribution in [0.1, 0.15) is 10.5 Å². The molecule has 1 heterocycles. The summed E-state index contributed by atoms with van der Waals surface area (Å²) in [5.41, 5.74) is 5.30. The van der Waals surface area contributed by atoms with Gasteiger partial charge >= 0.3 is 0 Å².